The molecule has 3 rings (SSSR count). The summed E-state index contributed by atoms with van der Waals surface area (Å²) in [4.78, 5) is 5.93. The lowest BCUT2D eigenvalue weighted by Gasteiger charge is -2.38. The van der Waals surface area contributed by atoms with Crippen LogP contribution in [0.4, 0.5) is 0 Å². The van der Waals surface area contributed by atoms with Gasteiger partial charge in [-0.05, 0) is 52.0 Å². The first-order valence-electron chi connectivity index (χ1n) is 7.79. The number of hydrogen-bond donors (Lipinski definition) is 1. The van der Waals surface area contributed by atoms with Gasteiger partial charge in [-0.3, -0.25) is 0 Å². The maximum Gasteiger partial charge on any atom is 0.0900 e. The second-order valence-corrected chi connectivity index (χ2v) is 7.59. The van der Waals surface area contributed by atoms with Crippen molar-refractivity contribution in [3.63, 3.8) is 0 Å². The predicted molar refractivity (Wildman–Crippen MR) is 90.1 cm³/mol. The molecule has 0 radical (unpaired) electrons. The van der Waals surface area contributed by atoms with Gasteiger partial charge in [-0.1, -0.05) is 29.8 Å². The Balaban J connectivity index is 1.56. The number of aromatic nitrogens is 1. The molecule has 0 aliphatic heterocycles. The Morgan fingerprint density at radius 2 is 2.00 bits per heavy atom. The molecule has 1 fully saturated rings. The first-order valence-corrected chi connectivity index (χ1v) is 8.61. The van der Waals surface area contributed by atoms with Gasteiger partial charge >= 0.3 is 0 Å². The number of hydrogen-bond acceptors (Lipinski definition) is 3. The number of benzene rings is 1. The molecule has 0 amide bonds. The van der Waals surface area contributed by atoms with Crippen LogP contribution in [0.5, 0.6) is 0 Å². The standard InChI is InChI=1S/C18H24N2S/c1-11-6-5-7-15(8-11)16-9-17(10-16)20-13(3)18-12(2)19-14(4)21-18/h5-8,13,16-17,20H,9-10H2,1-4H3. The largest absolute Gasteiger partial charge is 0.307 e. The lowest BCUT2D eigenvalue weighted by atomic mass is 9.75. The van der Waals surface area contributed by atoms with E-state index in [4.69, 9.17) is 0 Å². The average Bonchev–Trinajstić information content (AvgIpc) is 2.72. The molecule has 1 aromatic heterocycles. The first kappa shape index (κ1) is 14.7. The van der Waals surface area contributed by atoms with E-state index in [1.807, 2.05) is 11.3 Å². The van der Waals surface area contributed by atoms with Gasteiger partial charge in [0.25, 0.3) is 0 Å². The van der Waals surface area contributed by atoms with Gasteiger partial charge in [0.1, 0.15) is 0 Å². The number of aryl methyl sites for hydroxylation is 3. The monoisotopic (exact) mass is 300 g/mol. The van der Waals surface area contributed by atoms with Crippen LogP contribution in [0, 0.1) is 20.8 Å². The quantitative estimate of drug-likeness (QED) is 0.888. The highest BCUT2D eigenvalue weighted by molar-refractivity contribution is 7.11. The third kappa shape index (κ3) is 3.19. The van der Waals surface area contributed by atoms with Crippen LogP contribution < -0.4 is 5.32 Å². The van der Waals surface area contributed by atoms with E-state index in [-0.39, 0.29) is 0 Å². The van der Waals surface area contributed by atoms with Crippen molar-refractivity contribution < 1.29 is 0 Å². The van der Waals surface area contributed by atoms with Crippen LogP contribution in [-0.4, -0.2) is 11.0 Å². The average molecular weight is 300 g/mol. The van der Waals surface area contributed by atoms with Crippen LogP contribution in [0.25, 0.3) is 0 Å². The molecule has 21 heavy (non-hydrogen) atoms. The molecule has 2 nitrogen and oxygen atoms in total. The highest BCUT2D eigenvalue weighted by Crippen LogP contribution is 2.38. The third-order valence-corrected chi connectivity index (χ3v) is 5.73. The Morgan fingerprint density at radius 1 is 1.24 bits per heavy atom. The van der Waals surface area contributed by atoms with Gasteiger partial charge in [0.05, 0.1) is 10.7 Å². The zero-order valence-electron chi connectivity index (χ0n) is 13.3. The van der Waals surface area contributed by atoms with Crippen LogP contribution in [0.1, 0.15) is 58.4 Å². The van der Waals surface area contributed by atoms with Gasteiger partial charge in [0.2, 0.25) is 0 Å². The molecule has 2 aromatic rings. The summed E-state index contributed by atoms with van der Waals surface area (Å²) in [6.45, 7) is 8.65. The van der Waals surface area contributed by atoms with Crippen LogP contribution in [0.2, 0.25) is 0 Å². The van der Waals surface area contributed by atoms with Crippen molar-refractivity contribution in [3.05, 3.63) is 51.0 Å². The number of thiazole rings is 1. The molecule has 1 saturated carbocycles. The van der Waals surface area contributed by atoms with Crippen LogP contribution in [0.15, 0.2) is 24.3 Å². The zero-order chi connectivity index (χ0) is 15.0. The van der Waals surface area contributed by atoms with Crippen LogP contribution in [-0.2, 0) is 0 Å². The molecule has 1 N–H and O–H groups in total. The number of nitrogens with one attached hydrogen (secondary N) is 1. The van der Waals surface area contributed by atoms with Gasteiger partial charge in [-0.2, -0.15) is 0 Å². The molecule has 1 aliphatic rings. The fourth-order valence-electron chi connectivity index (χ4n) is 3.33. The van der Waals surface area contributed by atoms with E-state index >= 15 is 0 Å². The Bertz CT molecular complexity index is 626. The molecule has 3 heteroatoms. The van der Waals surface area contributed by atoms with Crippen molar-refractivity contribution in [3.8, 4) is 0 Å². The molecule has 0 spiro atoms. The van der Waals surface area contributed by atoms with Gasteiger partial charge in [-0.25, -0.2) is 4.98 Å². The SMILES string of the molecule is Cc1cccc(C2CC(NC(C)c3sc(C)nc3C)C2)c1. The summed E-state index contributed by atoms with van der Waals surface area (Å²) >= 11 is 1.82. The number of nitrogens with zero attached hydrogens (tertiary/aromatic N) is 1. The normalized spacial score (nSPS) is 22.9. The van der Waals surface area contributed by atoms with Crippen molar-refractivity contribution in [2.24, 2.45) is 0 Å². The maximum absolute atomic E-state index is 4.53. The molecule has 0 bridgehead atoms. The van der Waals surface area contributed by atoms with Crippen LogP contribution >= 0.6 is 11.3 Å². The fourth-order valence-corrected chi connectivity index (χ4v) is 4.27. The lowest BCUT2D eigenvalue weighted by Crippen LogP contribution is -2.41. The topological polar surface area (TPSA) is 24.9 Å². The molecule has 0 saturated heterocycles. The summed E-state index contributed by atoms with van der Waals surface area (Å²) in [6, 6.07) is 10.0. The minimum Gasteiger partial charge on any atom is -0.307 e. The molecular weight excluding hydrogens is 276 g/mol. The van der Waals surface area contributed by atoms with E-state index in [0.29, 0.717) is 12.1 Å². The van der Waals surface area contributed by atoms with Gasteiger partial charge in [-0.15, -0.1) is 11.3 Å². The Labute approximate surface area is 131 Å². The summed E-state index contributed by atoms with van der Waals surface area (Å²) in [5.74, 6) is 0.735. The Kier molecular flexibility index (Phi) is 4.14. The Hall–Kier alpha value is -1.19. The van der Waals surface area contributed by atoms with Crippen molar-refractivity contribution in [1.82, 2.24) is 10.3 Å². The van der Waals surface area contributed by atoms with Crippen molar-refractivity contribution in [1.29, 1.82) is 0 Å². The highest BCUT2D eigenvalue weighted by Gasteiger charge is 2.31. The minimum atomic E-state index is 0.416. The van der Waals surface area contributed by atoms with Gasteiger partial charge in [0.15, 0.2) is 0 Å². The summed E-state index contributed by atoms with van der Waals surface area (Å²) in [5, 5.41) is 4.94. The van der Waals surface area contributed by atoms with Crippen molar-refractivity contribution >= 4 is 11.3 Å². The van der Waals surface area contributed by atoms with Crippen LogP contribution in [0.3, 0.4) is 0 Å². The third-order valence-electron chi connectivity index (χ3n) is 4.47. The van der Waals surface area contributed by atoms with Gasteiger partial charge in [0, 0.05) is 17.0 Å². The minimum absolute atomic E-state index is 0.416. The smallest absolute Gasteiger partial charge is 0.0900 e. The van der Waals surface area contributed by atoms with Crippen molar-refractivity contribution in [2.45, 2.75) is 58.5 Å². The molecule has 112 valence electrons. The summed E-state index contributed by atoms with van der Waals surface area (Å²) < 4.78 is 0. The molecule has 1 heterocycles. The molecule has 1 atom stereocenters. The zero-order valence-corrected chi connectivity index (χ0v) is 14.1. The van der Waals surface area contributed by atoms with E-state index in [0.717, 1.165) is 5.92 Å². The molecule has 1 unspecified atom stereocenters. The van der Waals surface area contributed by atoms with E-state index < -0.39 is 0 Å². The second kappa shape index (κ2) is 5.90. The molecular formula is C18H24N2S. The van der Waals surface area contributed by atoms with Crippen molar-refractivity contribution in [2.75, 3.05) is 0 Å². The lowest BCUT2D eigenvalue weighted by molar-refractivity contribution is 0.271. The second-order valence-electron chi connectivity index (χ2n) is 6.35. The van der Waals surface area contributed by atoms with E-state index in [1.165, 1.54) is 39.5 Å². The molecule has 1 aliphatic carbocycles. The summed E-state index contributed by atoms with van der Waals surface area (Å²) in [6.07, 6.45) is 2.51. The van der Waals surface area contributed by atoms with Gasteiger partial charge < -0.3 is 5.32 Å². The first-order chi connectivity index (χ1) is 10.0. The van der Waals surface area contributed by atoms with E-state index in [2.05, 4.69) is 62.3 Å². The number of rotatable bonds is 4. The summed E-state index contributed by atoms with van der Waals surface area (Å²) in [7, 11) is 0. The highest BCUT2D eigenvalue weighted by atomic mass is 32.1. The summed E-state index contributed by atoms with van der Waals surface area (Å²) in [5.41, 5.74) is 4.06. The predicted octanol–water partition coefficient (Wildman–Crippen LogP) is 4.67. The van der Waals surface area contributed by atoms with E-state index in [9.17, 15) is 0 Å². The molecule has 1 aromatic carbocycles. The Morgan fingerprint density at radius 3 is 2.62 bits per heavy atom. The maximum atomic E-state index is 4.53. The van der Waals surface area contributed by atoms with E-state index in [1.54, 1.807) is 0 Å². The fraction of sp³-hybridized carbons (Fsp3) is 0.500.